The molecule has 0 saturated heterocycles. The zero-order valence-electron chi connectivity index (χ0n) is 11.7. The molecule has 1 aliphatic rings. The van der Waals surface area contributed by atoms with Crippen molar-refractivity contribution in [2.75, 3.05) is 6.54 Å². The molecule has 3 rings (SSSR count). The number of nitrogens with zero attached hydrogens (tertiary/aromatic N) is 2. The Morgan fingerprint density at radius 3 is 2.70 bits per heavy atom. The van der Waals surface area contributed by atoms with Crippen LogP contribution in [0.1, 0.15) is 29.1 Å². The molecule has 0 spiro atoms. The Balaban J connectivity index is 1.78. The maximum Gasteiger partial charge on any atom is 0.471 e. The van der Waals surface area contributed by atoms with Crippen LogP contribution in [0.5, 0.6) is 0 Å². The highest BCUT2D eigenvalue weighted by Crippen LogP contribution is 2.31. The van der Waals surface area contributed by atoms with Crippen LogP contribution in [0, 0.1) is 5.92 Å². The topological polar surface area (TPSA) is 68.0 Å². The third kappa shape index (κ3) is 3.64. The number of benzene rings is 1. The van der Waals surface area contributed by atoms with Crippen LogP contribution >= 0.6 is 11.6 Å². The molecule has 122 valence electrons. The fraction of sp³-hybridized carbons (Fsp3) is 0.357. The van der Waals surface area contributed by atoms with E-state index in [0.717, 1.165) is 12.8 Å². The van der Waals surface area contributed by atoms with Gasteiger partial charge in [0.15, 0.2) is 0 Å². The molecule has 2 aromatic rings. The Hall–Kier alpha value is -2.09. The summed E-state index contributed by atoms with van der Waals surface area (Å²) in [6, 6.07) is 4.17. The van der Waals surface area contributed by atoms with E-state index in [2.05, 4.69) is 20.0 Å². The zero-order valence-corrected chi connectivity index (χ0v) is 12.4. The molecule has 23 heavy (non-hydrogen) atoms. The summed E-state index contributed by atoms with van der Waals surface area (Å²) in [5.74, 6) is -1.48. The smallest absolute Gasteiger partial charge is 0.352 e. The van der Waals surface area contributed by atoms with E-state index in [0.29, 0.717) is 12.5 Å². The van der Waals surface area contributed by atoms with Gasteiger partial charge in [-0.25, -0.2) is 0 Å². The molecule has 1 amide bonds. The average Bonchev–Trinajstić information content (AvgIpc) is 3.16. The molecule has 1 aliphatic carbocycles. The van der Waals surface area contributed by atoms with Gasteiger partial charge in [-0.1, -0.05) is 22.8 Å². The first-order valence-corrected chi connectivity index (χ1v) is 7.21. The van der Waals surface area contributed by atoms with Crippen molar-refractivity contribution >= 4 is 17.5 Å². The van der Waals surface area contributed by atoms with E-state index in [9.17, 15) is 18.0 Å². The molecule has 0 aliphatic heterocycles. The van der Waals surface area contributed by atoms with Crippen molar-refractivity contribution in [2.24, 2.45) is 5.92 Å². The Bertz CT molecular complexity index is 741. The Morgan fingerprint density at radius 2 is 2.13 bits per heavy atom. The summed E-state index contributed by atoms with van der Waals surface area (Å²) in [5, 5.41) is 6.14. The third-order valence-corrected chi connectivity index (χ3v) is 3.70. The van der Waals surface area contributed by atoms with Gasteiger partial charge < -0.3 is 9.84 Å². The van der Waals surface area contributed by atoms with Gasteiger partial charge >= 0.3 is 12.1 Å². The van der Waals surface area contributed by atoms with Crippen LogP contribution in [0.25, 0.3) is 11.4 Å². The largest absolute Gasteiger partial charge is 0.471 e. The second-order valence-electron chi connectivity index (χ2n) is 5.27. The van der Waals surface area contributed by atoms with Crippen molar-refractivity contribution < 1.29 is 22.5 Å². The number of carbonyl (C=O) groups excluding carboxylic acids is 1. The summed E-state index contributed by atoms with van der Waals surface area (Å²) in [5.41, 5.74) is 0.476. The molecule has 1 fully saturated rings. The van der Waals surface area contributed by atoms with Crippen LogP contribution in [0.4, 0.5) is 13.2 Å². The van der Waals surface area contributed by atoms with E-state index in [1.54, 1.807) is 0 Å². The van der Waals surface area contributed by atoms with Crippen LogP contribution in [0.3, 0.4) is 0 Å². The maximum absolute atomic E-state index is 12.4. The predicted octanol–water partition coefficient (Wildman–Crippen LogP) is 3.55. The van der Waals surface area contributed by atoms with Crippen molar-refractivity contribution in [1.29, 1.82) is 0 Å². The highest BCUT2D eigenvalue weighted by molar-refractivity contribution is 6.34. The van der Waals surface area contributed by atoms with Gasteiger partial charge in [0.2, 0.25) is 5.82 Å². The van der Waals surface area contributed by atoms with Crippen LogP contribution in [0.2, 0.25) is 5.02 Å². The number of hydrogen-bond donors (Lipinski definition) is 1. The zero-order chi connectivity index (χ0) is 16.6. The van der Waals surface area contributed by atoms with Crippen molar-refractivity contribution in [3.8, 4) is 11.4 Å². The number of alkyl halides is 3. The molecule has 1 saturated carbocycles. The standard InChI is InChI=1S/C14H11ClF3N3O2/c15-10-5-8(11-20-13(23-21-11)14(16,17)18)3-4-9(10)12(22)19-6-7-1-2-7/h3-5,7H,1-2,6H2,(H,19,22). The van der Waals surface area contributed by atoms with Gasteiger partial charge in [0, 0.05) is 12.1 Å². The number of carbonyl (C=O) groups is 1. The normalized spacial score (nSPS) is 14.8. The first-order chi connectivity index (χ1) is 10.8. The highest BCUT2D eigenvalue weighted by atomic mass is 35.5. The number of aromatic nitrogens is 2. The molecule has 0 radical (unpaired) electrons. The molecule has 5 nitrogen and oxygen atoms in total. The predicted molar refractivity (Wildman–Crippen MR) is 74.8 cm³/mol. The summed E-state index contributed by atoms with van der Waals surface area (Å²) < 4.78 is 41.5. The van der Waals surface area contributed by atoms with E-state index in [-0.39, 0.29) is 27.9 Å². The SMILES string of the molecule is O=C(NCC1CC1)c1ccc(-c2noc(C(F)(F)F)n2)cc1Cl. The quantitative estimate of drug-likeness (QED) is 0.920. The van der Waals surface area contributed by atoms with E-state index in [1.165, 1.54) is 18.2 Å². The van der Waals surface area contributed by atoms with Crippen molar-refractivity contribution in [3.63, 3.8) is 0 Å². The average molecular weight is 346 g/mol. The van der Waals surface area contributed by atoms with Gasteiger partial charge in [0.25, 0.3) is 5.91 Å². The molecular formula is C14H11ClF3N3O2. The van der Waals surface area contributed by atoms with E-state index in [1.807, 2.05) is 0 Å². The maximum atomic E-state index is 12.4. The third-order valence-electron chi connectivity index (χ3n) is 3.39. The Kier molecular flexibility index (Phi) is 4.01. The van der Waals surface area contributed by atoms with Crippen molar-refractivity contribution in [1.82, 2.24) is 15.5 Å². The molecule has 1 aromatic heterocycles. The summed E-state index contributed by atoms with van der Waals surface area (Å²) in [6.07, 6.45) is -2.50. The fourth-order valence-corrected chi connectivity index (χ4v) is 2.21. The lowest BCUT2D eigenvalue weighted by atomic mass is 10.1. The Morgan fingerprint density at radius 1 is 1.39 bits per heavy atom. The van der Waals surface area contributed by atoms with Crippen molar-refractivity contribution in [3.05, 3.63) is 34.7 Å². The minimum Gasteiger partial charge on any atom is -0.352 e. The van der Waals surface area contributed by atoms with E-state index in [4.69, 9.17) is 11.6 Å². The second-order valence-corrected chi connectivity index (χ2v) is 5.68. The molecular weight excluding hydrogens is 335 g/mol. The molecule has 1 N–H and O–H groups in total. The van der Waals surface area contributed by atoms with Gasteiger partial charge in [0.05, 0.1) is 10.6 Å². The first kappa shape index (κ1) is 15.8. The van der Waals surface area contributed by atoms with Gasteiger partial charge in [0.1, 0.15) is 0 Å². The van der Waals surface area contributed by atoms with E-state index >= 15 is 0 Å². The summed E-state index contributed by atoms with van der Waals surface area (Å²) in [6.45, 7) is 0.594. The van der Waals surface area contributed by atoms with Gasteiger partial charge in [-0.2, -0.15) is 18.2 Å². The molecule has 0 atom stereocenters. The van der Waals surface area contributed by atoms with Crippen LogP contribution in [-0.4, -0.2) is 22.6 Å². The fourth-order valence-electron chi connectivity index (χ4n) is 1.95. The van der Waals surface area contributed by atoms with Crippen molar-refractivity contribution in [2.45, 2.75) is 19.0 Å². The first-order valence-electron chi connectivity index (χ1n) is 6.83. The summed E-state index contributed by atoms with van der Waals surface area (Å²) >= 11 is 6.03. The van der Waals surface area contributed by atoms with Gasteiger partial charge in [-0.3, -0.25) is 4.79 Å². The number of halogens is 4. The summed E-state index contributed by atoms with van der Waals surface area (Å²) in [4.78, 5) is 15.3. The van der Waals surface area contributed by atoms with Crippen LogP contribution in [0.15, 0.2) is 22.7 Å². The Labute approximate surface area is 133 Å². The van der Waals surface area contributed by atoms with Gasteiger partial charge in [-0.15, -0.1) is 0 Å². The minimum absolute atomic E-state index is 0.106. The molecule has 9 heteroatoms. The minimum atomic E-state index is -4.71. The number of nitrogens with one attached hydrogen (secondary N) is 1. The lowest BCUT2D eigenvalue weighted by Gasteiger charge is -2.06. The van der Waals surface area contributed by atoms with Gasteiger partial charge in [-0.05, 0) is 30.9 Å². The highest BCUT2D eigenvalue weighted by Gasteiger charge is 2.38. The number of rotatable bonds is 4. The summed E-state index contributed by atoms with van der Waals surface area (Å²) in [7, 11) is 0. The molecule has 0 bridgehead atoms. The number of hydrogen-bond acceptors (Lipinski definition) is 4. The second kappa shape index (κ2) is 5.84. The molecule has 0 unspecified atom stereocenters. The lowest BCUT2D eigenvalue weighted by molar-refractivity contribution is -0.159. The van der Waals surface area contributed by atoms with E-state index < -0.39 is 12.1 Å². The number of amides is 1. The monoisotopic (exact) mass is 345 g/mol. The molecule has 1 aromatic carbocycles. The van der Waals surface area contributed by atoms with Crippen LogP contribution < -0.4 is 5.32 Å². The van der Waals surface area contributed by atoms with Crippen LogP contribution in [-0.2, 0) is 6.18 Å². The molecule has 1 heterocycles. The lowest BCUT2D eigenvalue weighted by Crippen LogP contribution is -2.25.